The molecule has 1 aliphatic carbocycles. The summed E-state index contributed by atoms with van der Waals surface area (Å²) in [6, 6.07) is -0.392. The molecule has 108 valence electrons. The Labute approximate surface area is 119 Å². The molecule has 0 aromatic rings. The van der Waals surface area contributed by atoms with E-state index in [9.17, 15) is 9.59 Å². The maximum absolute atomic E-state index is 12.4. The third kappa shape index (κ3) is 2.91. The molecule has 4 unspecified atom stereocenters. The van der Waals surface area contributed by atoms with Gasteiger partial charge in [-0.15, -0.1) is 0 Å². The first-order valence-electron chi connectivity index (χ1n) is 7.23. The minimum absolute atomic E-state index is 0.0147. The lowest BCUT2D eigenvalue weighted by Crippen LogP contribution is -2.65. The Bertz CT molecular complexity index is 361. The average molecular weight is 284 g/mol. The van der Waals surface area contributed by atoms with Crippen LogP contribution in [-0.2, 0) is 9.59 Å². The summed E-state index contributed by atoms with van der Waals surface area (Å²) in [6.07, 6.45) is 7.30. The molecule has 1 heterocycles. The molecule has 2 fully saturated rings. The summed E-state index contributed by atoms with van der Waals surface area (Å²) in [5.41, 5.74) is 0. The molecule has 2 amide bonds. The molecule has 2 rings (SSSR count). The third-order valence-corrected chi connectivity index (χ3v) is 5.43. The van der Waals surface area contributed by atoms with E-state index in [1.165, 1.54) is 6.42 Å². The van der Waals surface area contributed by atoms with E-state index in [1.54, 1.807) is 6.92 Å². The van der Waals surface area contributed by atoms with E-state index in [0.29, 0.717) is 11.7 Å². The molecule has 0 spiro atoms. The van der Waals surface area contributed by atoms with Gasteiger partial charge in [-0.2, -0.15) is 11.8 Å². The Morgan fingerprint density at radius 2 is 2.11 bits per heavy atom. The van der Waals surface area contributed by atoms with Gasteiger partial charge < -0.3 is 10.2 Å². The lowest BCUT2D eigenvalue weighted by atomic mass is 9.90. The predicted octanol–water partition coefficient (Wildman–Crippen LogP) is 1.79. The van der Waals surface area contributed by atoms with Crippen LogP contribution in [0.1, 0.15) is 46.0 Å². The highest BCUT2D eigenvalue weighted by atomic mass is 32.2. The van der Waals surface area contributed by atoms with Crippen molar-refractivity contribution < 1.29 is 9.59 Å². The van der Waals surface area contributed by atoms with Crippen molar-refractivity contribution in [3.05, 3.63) is 0 Å². The van der Waals surface area contributed by atoms with Crippen molar-refractivity contribution in [2.45, 2.75) is 69.3 Å². The van der Waals surface area contributed by atoms with Gasteiger partial charge in [0.2, 0.25) is 11.8 Å². The normalized spacial score (nSPS) is 36.3. The van der Waals surface area contributed by atoms with E-state index in [1.807, 2.05) is 23.6 Å². The molecule has 0 aromatic carbocycles. The summed E-state index contributed by atoms with van der Waals surface area (Å²) in [5.74, 6) is 0.110. The van der Waals surface area contributed by atoms with Crippen LogP contribution in [0.25, 0.3) is 0 Å². The second-order valence-electron chi connectivity index (χ2n) is 5.58. The van der Waals surface area contributed by atoms with Crippen molar-refractivity contribution in [2.75, 3.05) is 6.26 Å². The van der Waals surface area contributed by atoms with Gasteiger partial charge in [0.25, 0.3) is 0 Å². The smallest absolute Gasteiger partial charge is 0.245 e. The number of piperazine rings is 1. The Balaban J connectivity index is 2.17. The van der Waals surface area contributed by atoms with Gasteiger partial charge in [-0.25, -0.2) is 0 Å². The van der Waals surface area contributed by atoms with Crippen molar-refractivity contribution in [3.8, 4) is 0 Å². The maximum atomic E-state index is 12.4. The summed E-state index contributed by atoms with van der Waals surface area (Å²) in [7, 11) is 0. The summed E-state index contributed by atoms with van der Waals surface area (Å²) in [4.78, 5) is 26.4. The minimum Gasteiger partial charge on any atom is -0.343 e. The first-order chi connectivity index (χ1) is 9.08. The first-order valence-corrected chi connectivity index (χ1v) is 8.52. The quantitative estimate of drug-likeness (QED) is 0.859. The standard InChI is InChI=1S/C14H24N2O2S/c1-4-12-13(17)15-9(2)14(18)16(12)10-6-5-7-11(8-10)19-3/h9-12H,4-8H2,1-3H3,(H,15,17). The minimum atomic E-state index is -0.370. The van der Waals surface area contributed by atoms with E-state index in [0.717, 1.165) is 19.3 Å². The number of thioether (sulfide) groups is 1. The number of hydrogen-bond donors (Lipinski definition) is 1. The van der Waals surface area contributed by atoms with Crippen LogP contribution >= 0.6 is 11.8 Å². The van der Waals surface area contributed by atoms with Gasteiger partial charge in [0, 0.05) is 11.3 Å². The Hall–Kier alpha value is -0.710. The zero-order valence-corrected chi connectivity index (χ0v) is 12.8. The third-order valence-electron chi connectivity index (χ3n) is 4.33. The monoisotopic (exact) mass is 284 g/mol. The number of nitrogens with zero attached hydrogens (tertiary/aromatic N) is 1. The van der Waals surface area contributed by atoms with E-state index in [-0.39, 0.29) is 29.9 Å². The molecule has 0 radical (unpaired) electrons. The van der Waals surface area contributed by atoms with Crippen LogP contribution in [0.2, 0.25) is 0 Å². The first kappa shape index (κ1) is 14.7. The second kappa shape index (κ2) is 6.16. The lowest BCUT2D eigenvalue weighted by Gasteiger charge is -2.45. The number of rotatable bonds is 3. The van der Waals surface area contributed by atoms with Crippen LogP contribution in [0.3, 0.4) is 0 Å². The molecular formula is C14H24N2O2S. The van der Waals surface area contributed by atoms with E-state index >= 15 is 0 Å². The van der Waals surface area contributed by atoms with E-state index in [4.69, 9.17) is 0 Å². The molecule has 5 heteroatoms. The van der Waals surface area contributed by atoms with Gasteiger partial charge in [-0.3, -0.25) is 9.59 Å². The fourth-order valence-electron chi connectivity index (χ4n) is 3.28. The van der Waals surface area contributed by atoms with Crippen LogP contribution in [-0.4, -0.2) is 46.3 Å². The van der Waals surface area contributed by atoms with Gasteiger partial charge in [0.15, 0.2) is 0 Å². The predicted molar refractivity (Wildman–Crippen MR) is 78.1 cm³/mol. The highest BCUT2D eigenvalue weighted by Crippen LogP contribution is 2.32. The zero-order chi connectivity index (χ0) is 14.0. The van der Waals surface area contributed by atoms with Crippen molar-refractivity contribution in [1.29, 1.82) is 0 Å². The van der Waals surface area contributed by atoms with Gasteiger partial charge in [0.05, 0.1) is 0 Å². The Morgan fingerprint density at radius 1 is 1.37 bits per heavy atom. The largest absolute Gasteiger partial charge is 0.343 e. The molecule has 19 heavy (non-hydrogen) atoms. The van der Waals surface area contributed by atoms with E-state index in [2.05, 4.69) is 11.6 Å². The summed E-state index contributed by atoms with van der Waals surface area (Å²) in [6.45, 7) is 3.77. The van der Waals surface area contributed by atoms with Crippen LogP contribution in [0, 0.1) is 0 Å². The summed E-state index contributed by atoms with van der Waals surface area (Å²) in [5, 5.41) is 3.42. The van der Waals surface area contributed by atoms with Gasteiger partial charge >= 0.3 is 0 Å². The van der Waals surface area contributed by atoms with Gasteiger partial charge in [0.1, 0.15) is 12.1 Å². The number of hydrogen-bond acceptors (Lipinski definition) is 3. The summed E-state index contributed by atoms with van der Waals surface area (Å²) < 4.78 is 0. The van der Waals surface area contributed by atoms with Crippen molar-refractivity contribution in [3.63, 3.8) is 0 Å². The number of carbonyl (C=O) groups is 2. The average Bonchev–Trinajstić information content (AvgIpc) is 2.42. The maximum Gasteiger partial charge on any atom is 0.245 e. The van der Waals surface area contributed by atoms with Crippen molar-refractivity contribution in [1.82, 2.24) is 10.2 Å². The fourth-order valence-corrected chi connectivity index (χ4v) is 4.10. The molecule has 2 aliphatic rings. The van der Waals surface area contributed by atoms with Crippen molar-refractivity contribution in [2.24, 2.45) is 0 Å². The molecular weight excluding hydrogens is 260 g/mol. The van der Waals surface area contributed by atoms with Gasteiger partial charge in [-0.1, -0.05) is 13.3 Å². The topological polar surface area (TPSA) is 49.4 Å². The van der Waals surface area contributed by atoms with Crippen molar-refractivity contribution >= 4 is 23.6 Å². The lowest BCUT2D eigenvalue weighted by molar-refractivity contribution is -0.152. The molecule has 0 bridgehead atoms. The summed E-state index contributed by atoms with van der Waals surface area (Å²) >= 11 is 1.89. The molecule has 4 nitrogen and oxygen atoms in total. The van der Waals surface area contributed by atoms with E-state index < -0.39 is 0 Å². The molecule has 1 aliphatic heterocycles. The van der Waals surface area contributed by atoms with Crippen LogP contribution in [0.15, 0.2) is 0 Å². The number of amides is 2. The highest BCUT2D eigenvalue weighted by molar-refractivity contribution is 7.99. The second-order valence-corrected chi connectivity index (χ2v) is 6.72. The molecule has 4 atom stereocenters. The Morgan fingerprint density at radius 3 is 2.74 bits per heavy atom. The van der Waals surface area contributed by atoms with Crippen LogP contribution in [0.5, 0.6) is 0 Å². The molecule has 1 saturated heterocycles. The highest BCUT2D eigenvalue weighted by Gasteiger charge is 2.42. The van der Waals surface area contributed by atoms with Gasteiger partial charge in [-0.05, 0) is 38.9 Å². The number of nitrogens with one attached hydrogen (secondary N) is 1. The number of carbonyl (C=O) groups excluding carboxylic acids is 2. The fraction of sp³-hybridized carbons (Fsp3) is 0.857. The van der Waals surface area contributed by atoms with Crippen LogP contribution in [0.4, 0.5) is 0 Å². The Kier molecular flexibility index (Phi) is 4.76. The molecule has 0 aromatic heterocycles. The molecule has 1 saturated carbocycles. The van der Waals surface area contributed by atoms with Crippen LogP contribution < -0.4 is 5.32 Å². The zero-order valence-electron chi connectivity index (χ0n) is 12.0. The molecule has 1 N–H and O–H groups in total. The SMILES string of the molecule is CCC1C(=O)NC(C)C(=O)N1C1CCCC(SC)C1.